The number of hydrogen-bond acceptors (Lipinski definition) is 5. The minimum absolute atomic E-state index is 0.0517. The molecule has 0 fully saturated rings. The van der Waals surface area contributed by atoms with Gasteiger partial charge in [0.1, 0.15) is 9.88 Å². The fourth-order valence-corrected chi connectivity index (χ4v) is 3.22. The van der Waals surface area contributed by atoms with Crippen molar-refractivity contribution in [1.82, 2.24) is 9.97 Å². The highest BCUT2D eigenvalue weighted by atomic mass is 32.1. The van der Waals surface area contributed by atoms with Crippen molar-refractivity contribution >= 4 is 34.5 Å². The van der Waals surface area contributed by atoms with Gasteiger partial charge in [-0.3, -0.25) is 14.6 Å². The number of amides is 2. The molecule has 0 unspecified atom stereocenters. The number of nitrogens with one attached hydrogen (secondary N) is 2. The highest BCUT2D eigenvalue weighted by Gasteiger charge is 2.17. The second-order valence-electron chi connectivity index (χ2n) is 5.58. The SMILES string of the molecule is CCC(=O)Nc1ccc(NC(=O)c2sc(-c3ccccn3)nc2C)cc1. The summed E-state index contributed by atoms with van der Waals surface area (Å²) < 4.78 is 0. The molecule has 2 aromatic heterocycles. The Kier molecular flexibility index (Phi) is 5.38. The van der Waals surface area contributed by atoms with Crippen LogP contribution in [0.5, 0.6) is 0 Å². The summed E-state index contributed by atoms with van der Waals surface area (Å²) in [6.07, 6.45) is 2.12. The van der Waals surface area contributed by atoms with Crippen LogP contribution in [0, 0.1) is 6.92 Å². The fourth-order valence-electron chi connectivity index (χ4n) is 2.28. The van der Waals surface area contributed by atoms with Gasteiger partial charge in [0.15, 0.2) is 0 Å². The molecule has 0 aliphatic carbocycles. The predicted octanol–water partition coefficient (Wildman–Crippen LogP) is 4.11. The Hall–Kier alpha value is -3.06. The lowest BCUT2D eigenvalue weighted by molar-refractivity contribution is -0.115. The third kappa shape index (κ3) is 4.12. The van der Waals surface area contributed by atoms with Crippen LogP contribution in [-0.2, 0) is 4.79 Å². The normalized spacial score (nSPS) is 10.4. The summed E-state index contributed by atoms with van der Waals surface area (Å²) in [4.78, 5) is 33.2. The molecule has 0 radical (unpaired) electrons. The molecule has 3 aromatic rings. The molecule has 1 aromatic carbocycles. The summed E-state index contributed by atoms with van der Waals surface area (Å²) in [7, 11) is 0. The van der Waals surface area contributed by atoms with Crippen molar-refractivity contribution in [1.29, 1.82) is 0 Å². The predicted molar refractivity (Wildman–Crippen MR) is 103 cm³/mol. The molecule has 0 atom stereocenters. The number of benzene rings is 1. The average Bonchev–Trinajstić information content (AvgIpc) is 3.06. The minimum atomic E-state index is -0.215. The first kappa shape index (κ1) is 17.8. The van der Waals surface area contributed by atoms with E-state index in [1.807, 2.05) is 18.2 Å². The van der Waals surface area contributed by atoms with Crippen LogP contribution >= 0.6 is 11.3 Å². The Balaban J connectivity index is 1.72. The van der Waals surface area contributed by atoms with E-state index in [-0.39, 0.29) is 11.8 Å². The van der Waals surface area contributed by atoms with Crippen molar-refractivity contribution in [3.8, 4) is 10.7 Å². The molecule has 7 heteroatoms. The van der Waals surface area contributed by atoms with Crippen molar-refractivity contribution in [2.45, 2.75) is 20.3 Å². The molecule has 2 N–H and O–H groups in total. The van der Waals surface area contributed by atoms with E-state index in [1.165, 1.54) is 11.3 Å². The number of carbonyl (C=O) groups excluding carboxylic acids is 2. The Morgan fingerprint density at radius 2 is 1.73 bits per heavy atom. The van der Waals surface area contributed by atoms with Gasteiger partial charge in [-0.2, -0.15) is 0 Å². The van der Waals surface area contributed by atoms with Crippen LogP contribution in [0.1, 0.15) is 28.7 Å². The van der Waals surface area contributed by atoms with Crippen LogP contribution < -0.4 is 10.6 Å². The first-order valence-corrected chi connectivity index (χ1v) is 8.98. The summed E-state index contributed by atoms with van der Waals surface area (Å²) in [5.74, 6) is -0.267. The molecule has 0 saturated heterocycles. The second-order valence-corrected chi connectivity index (χ2v) is 6.58. The first-order valence-electron chi connectivity index (χ1n) is 8.17. The van der Waals surface area contributed by atoms with Gasteiger partial charge >= 0.3 is 0 Å². The third-order valence-electron chi connectivity index (χ3n) is 3.63. The van der Waals surface area contributed by atoms with Crippen LogP contribution in [0.25, 0.3) is 10.7 Å². The van der Waals surface area contributed by atoms with Crippen LogP contribution in [0.3, 0.4) is 0 Å². The molecular weight excluding hydrogens is 348 g/mol. The van der Waals surface area contributed by atoms with Gasteiger partial charge in [-0.1, -0.05) is 13.0 Å². The van der Waals surface area contributed by atoms with Gasteiger partial charge in [0.25, 0.3) is 5.91 Å². The van der Waals surface area contributed by atoms with E-state index in [4.69, 9.17) is 0 Å². The van der Waals surface area contributed by atoms with E-state index < -0.39 is 0 Å². The van der Waals surface area contributed by atoms with Gasteiger partial charge in [-0.15, -0.1) is 11.3 Å². The number of hydrogen-bond donors (Lipinski definition) is 2. The lowest BCUT2D eigenvalue weighted by Crippen LogP contribution is -2.12. The van der Waals surface area contributed by atoms with Crippen molar-refractivity contribution in [2.24, 2.45) is 0 Å². The maximum absolute atomic E-state index is 12.6. The number of anilines is 2. The molecule has 0 aliphatic rings. The Bertz CT molecular complexity index is 920. The van der Waals surface area contributed by atoms with E-state index in [9.17, 15) is 9.59 Å². The zero-order valence-corrected chi connectivity index (χ0v) is 15.3. The molecule has 3 rings (SSSR count). The largest absolute Gasteiger partial charge is 0.326 e. The standard InChI is InChI=1S/C19H18N4O2S/c1-3-16(24)22-13-7-9-14(10-8-13)23-18(25)17-12(2)21-19(26-17)15-6-4-5-11-20-15/h4-11H,3H2,1-2H3,(H,22,24)(H,23,25). The second kappa shape index (κ2) is 7.88. The molecule has 132 valence electrons. The number of rotatable bonds is 5. The van der Waals surface area contributed by atoms with E-state index in [1.54, 1.807) is 44.3 Å². The molecule has 2 amide bonds. The van der Waals surface area contributed by atoms with Crippen molar-refractivity contribution < 1.29 is 9.59 Å². The molecule has 2 heterocycles. The van der Waals surface area contributed by atoms with Gasteiger partial charge in [0, 0.05) is 24.0 Å². The quantitative estimate of drug-likeness (QED) is 0.711. The Morgan fingerprint density at radius 3 is 2.35 bits per heavy atom. The lowest BCUT2D eigenvalue weighted by atomic mass is 10.2. The highest BCUT2D eigenvalue weighted by molar-refractivity contribution is 7.17. The number of pyridine rings is 1. The van der Waals surface area contributed by atoms with Crippen molar-refractivity contribution in [3.05, 3.63) is 59.2 Å². The first-order chi connectivity index (χ1) is 12.6. The Morgan fingerprint density at radius 1 is 1.04 bits per heavy atom. The number of aromatic nitrogens is 2. The van der Waals surface area contributed by atoms with Crippen LogP contribution in [0.15, 0.2) is 48.7 Å². The summed E-state index contributed by atoms with van der Waals surface area (Å²) in [6, 6.07) is 12.6. The molecule has 0 aliphatic heterocycles. The zero-order valence-electron chi connectivity index (χ0n) is 14.4. The fraction of sp³-hybridized carbons (Fsp3) is 0.158. The molecule has 0 spiro atoms. The molecule has 0 saturated carbocycles. The highest BCUT2D eigenvalue weighted by Crippen LogP contribution is 2.27. The van der Waals surface area contributed by atoms with Crippen LogP contribution in [-0.4, -0.2) is 21.8 Å². The third-order valence-corrected chi connectivity index (χ3v) is 4.81. The number of thiazole rings is 1. The average molecular weight is 366 g/mol. The topological polar surface area (TPSA) is 84.0 Å². The van der Waals surface area contributed by atoms with Crippen molar-refractivity contribution in [2.75, 3.05) is 10.6 Å². The van der Waals surface area contributed by atoms with Gasteiger partial charge in [0.05, 0.1) is 11.4 Å². The van der Waals surface area contributed by atoms with E-state index >= 15 is 0 Å². The zero-order chi connectivity index (χ0) is 18.5. The molecular formula is C19H18N4O2S. The summed E-state index contributed by atoms with van der Waals surface area (Å²) in [5.41, 5.74) is 2.76. The van der Waals surface area contributed by atoms with Crippen LogP contribution in [0.4, 0.5) is 11.4 Å². The molecule has 0 bridgehead atoms. The van der Waals surface area contributed by atoms with Gasteiger partial charge < -0.3 is 10.6 Å². The van der Waals surface area contributed by atoms with E-state index in [0.29, 0.717) is 33.4 Å². The van der Waals surface area contributed by atoms with Gasteiger partial charge in [-0.05, 0) is 43.3 Å². The van der Waals surface area contributed by atoms with Crippen molar-refractivity contribution in [3.63, 3.8) is 0 Å². The lowest BCUT2D eigenvalue weighted by Gasteiger charge is -2.07. The van der Waals surface area contributed by atoms with Gasteiger partial charge in [0.2, 0.25) is 5.91 Å². The van der Waals surface area contributed by atoms with Crippen LogP contribution in [0.2, 0.25) is 0 Å². The van der Waals surface area contributed by atoms with E-state index in [2.05, 4.69) is 20.6 Å². The number of aryl methyl sites for hydroxylation is 1. The maximum Gasteiger partial charge on any atom is 0.267 e. The number of nitrogens with zero attached hydrogens (tertiary/aromatic N) is 2. The van der Waals surface area contributed by atoms with E-state index in [0.717, 1.165) is 5.69 Å². The maximum atomic E-state index is 12.6. The summed E-state index contributed by atoms with van der Waals surface area (Å²) in [6.45, 7) is 3.60. The molecule has 6 nitrogen and oxygen atoms in total. The van der Waals surface area contributed by atoms with Gasteiger partial charge in [-0.25, -0.2) is 4.98 Å². The summed E-state index contributed by atoms with van der Waals surface area (Å²) >= 11 is 1.31. The monoisotopic (exact) mass is 366 g/mol. The Labute approximate surface area is 155 Å². The minimum Gasteiger partial charge on any atom is -0.326 e. The summed E-state index contributed by atoms with van der Waals surface area (Å²) in [5, 5.41) is 6.34. The molecule has 26 heavy (non-hydrogen) atoms. The number of carbonyl (C=O) groups is 2. The smallest absolute Gasteiger partial charge is 0.267 e.